The molecule has 1 saturated heterocycles. The minimum absolute atomic E-state index is 0.208. The molecule has 0 spiro atoms. The van der Waals surface area contributed by atoms with Crippen LogP contribution in [0.15, 0.2) is 54.9 Å². The van der Waals surface area contributed by atoms with Crippen LogP contribution >= 0.6 is 0 Å². The van der Waals surface area contributed by atoms with Gasteiger partial charge in [0.05, 0.1) is 18.7 Å². The molecule has 1 aliphatic rings. The predicted octanol–water partition coefficient (Wildman–Crippen LogP) is 4.99. The normalized spacial score (nSPS) is 17.1. The Morgan fingerprint density at radius 1 is 1.00 bits per heavy atom. The van der Waals surface area contributed by atoms with Gasteiger partial charge < -0.3 is 9.64 Å². The minimum Gasteiger partial charge on any atom is -0.496 e. The third kappa shape index (κ3) is 4.38. The second kappa shape index (κ2) is 8.85. The number of pyridine rings is 1. The molecule has 3 aromatic rings. The molecule has 164 valence electrons. The Bertz CT molecular complexity index is 1030. The average Bonchev–Trinajstić information content (AvgIpc) is 2.79. The maximum Gasteiger partial charge on any atom is 0.416 e. The quantitative estimate of drug-likeness (QED) is 0.571. The number of piperazine rings is 1. The van der Waals surface area contributed by atoms with Crippen molar-refractivity contribution in [3.05, 3.63) is 71.5 Å². The molecule has 1 aromatic heterocycles. The van der Waals surface area contributed by atoms with Gasteiger partial charge >= 0.3 is 6.18 Å². The third-order valence-corrected chi connectivity index (χ3v) is 6.08. The Hall–Kier alpha value is -2.64. The third-order valence-electron chi connectivity index (χ3n) is 6.08. The van der Waals surface area contributed by atoms with Gasteiger partial charge in [-0.25, -0.2) is 0 Å². The minimum atomic E-state index is -4.35. The maximum absolute atomic E-state index is 13.1. The number of rotatable bonds is 5. The van der Waals surface area contributed by atoms with E-state index in [1.54, 1.807) is 31.6 Å². The first-order valence-electron chi connectivity index (χ1n) is 10.5. The molecule has 0 saturated carbocycles. The van der Waals surface area contributed by atoms with Crippen LogP contribution < -0.4 is 4.74 Å². The number of methoxy groups -OCH3 is 1. The smallest absolute Gasteiger partial charge is 0.416 e. The lowest BCUT2D eigenvalue weighted by Gasteiger charge is -2.40. The van der Waals surface area contributed by atoms with E-state index in [2.05, 4.69) is 21.7 Å². The molecule has 7 heteroatoms. The Labute approximate surface area is 180 Å². The summed E-state index contributed by atoms with van der Waals surface area (Å²) < 4.78 is 45.2. The zero-order chi connectivity index (χ0) is 22.0. The van der Waals surface area contributed by atoms with Gasteiger partial charge in [-0.15, -0.1) is 0 Å². The molecule has 1 unspecified atom stereocenters. The Balaban J connectivity index is 1.81. The van der Waals surface area contributed by atoms with E-state index in [4.69, 9.17) is 4.74 Å². The van der Waals surface area contributed by atoms with Gasteiger partial charge in [0, 0.05) is 49.5 Å². The summed E-state index contributed by atoms with van der Waals surface area (Å²) in [4.78, 5) is 8.95. The van der Waals surface area contributed by atoms with Crippen molar-refractivity contribution in [2.24, 2.45) is 0 Å². The van der Waals surface area contributed by atoms with E-state index in [1.807, 2.05) is 18.2 Å². The topological polar surface area (TPSA) is 28.6 Å². The van der Waals surface area contributed by atoms with Crippen LogP contribution in [0.4, 0.5) is 13.2 Å². The molecule has 1 fully saturated rings. The van der Waals surface area contributed by atoms with Crippen molar-refractivity contribution in [3.8, 4) is 5.75 Å². The van der Waals surface area contributed by atoms with Gasteiger partial charge in [0.15, 0.2) is 0 Å². The van der Waals surface area contributed by atoms with Crippen LogP contribution in [0.3, 0.4) is 0 Å². The lowest BCUT2D eigenvalue weighted by Crippen LogP contribution is -2.47. The Morgan fingerprint density at radius 3 is 2.32 bits per heavy atom. The number of fused-ring (bicyclic) bond motifs is 1. The largest absolute Gasteiger partial charge is 0.496 e. The summed E-state index contributed by atoms with van der Waals surface area (Å²) >= 11 is 0. The molecule has 0 aliphatic carbocycles. The van der Waals surface area contributed by atoms with Gasteiger partial charge in [-0.2, -0.15) is 13.2 Å². The standard InChI is InChI=1S/C24H26F3N3O/c1-3-29-12-14-30(15-13-29)22(18-4-7-19(8-5-18)24(25,26)27)20-9-6-17-10-11-28-16-21(17)23(20)31-2/h4-11,16,22H,3,12-15H2,1-2H3. The first kappa shape index (κ1) is 21.6. The molecule has 0 bridgehead atoms. The molecule has 4 rings (SSSR count). The summed E-state index contributed by atoms with van der Waals surface area (Å²) in [6, 6.07) is 11.3. The zero-order valence-electron chi connectivity index (χ0n) is 17.7. The summed E-state index contributed by atoms with van der Waals surface area (Å²) in [6.07, 6.45) is -0.845. The highest BCUT2D eigenvalue weighted by molar-refractivity contribution is 5.89. The van der Waals surface area contributed by atoms with Crippen molar-refractivity contribution in [3.63, 3.8) is 0 Å². The number of likely N-dealkylation sites (N-methyl/N-ethyl adjacent to an activating group) is 1. The first-order valence-corrected chi connectivity index (χ1v) is 10.5. The summed E-state index contributed by atoms with van der Waals surface area (Å²) in [5, 5.41) is 1.91. The number of benzene rings is 2. The fourth-order valence-electron chi connectivity index (χ4n) is 4.37. The van der Waals surface area contributed by atoms with Gasteiger partial charge in [0.1, 0.15) is 5.75 Å². The van der Waals surface area contributed by atoms with E-state index in [0.29, 0.717) is 5.75 Å². The maximum atomic E-state index is 13.1. The van der Waals surface area contributed by atoms with Crippen molar-refractivity contribution in [1.29, 1.82) is 0 Å². The molecule has 4 nitrogen and oxygen atoms in total. The van der Waals surface area contributed by atoms with Crippen molar-refractivity contribution in [1.82, 2.24) is 14.8 Å². The van der Waals surface area contributed by atoms with Gasteiger partial charge in [-0.1, -0.05) is 31.2 Å². The first-order chi connectivity index (χ1) is 14.9. The number of hydrogen-bond donors (Lipinski definition) is 0. The summed E-state index contributed by atoms with van der Waals surface area (Å²) in [5.41, 5.74) is 1.12. The monoisotopic (exact) mass is 429 g/mol. The van der Waals surface area contributed by atoms with E-state index >= 15 is 0 Å². The SMILES string of the molecule is CCN1CCN(C(c2ccc(C(F)(F)F)cc2)c2ccc3ccncc3c2OC)CC1. The lowest BCUT2D eigenvalue weighted by molar-refractivity contribution is -0.137. The Morgan fingerprint density at radius 2 is 1.71 bits per heavy atom. The second-order valence-electron chi connectivity index (χ2n) is 7.78. The number of nitrogens with zero attached hydrogens (tertiary/aromatic N) is 3. The van der Waals surface area contributed by atoms with E-state index in [9.17, 15) is 13.2 Å². The highest BCUT2D eigenvalue weighted by Crippen LogP contribution is 2.40. The highest BCUT2D eigenvalue weighted by atomic mass is 19.4. The molecule has 2 aromatic carbocycles. The number of alkyl halides is 3. The highest BCUT2D eigenvalue weighted by Gasteiger charge is 2.32. The second-order valence-corrected chi connectivity index (χ2v) is 7.78. The molecule has 0 radical (unpaired) electrons. The predicted molar refractivity (Wildman–Crippen MR) is 115 cm³/mol. The van der Waals surface area contributed by atoms with Gasteiger partial charge in [0.2, 0.25) is 0 Å². The lowest BCUT2D eigenvalue weighted by atomic mass is 9.93. The molecule has 2 heterocycles. The van der Waals surface area contributed by atoms with Crippen molar-refractivity contribution in [2.75, 3.05) is 39.8 Å². The van der Waals surface area contributed by atoms with Crippen LogP contribution in [0.5, 0.6) is 5.75 Å². The average molecular weight is 429 g/mol. The van der Waals surface area contributed by atoms with E-state index < -0.39 is 11.7 Å². The summed E-state index contributed by atoms with van der Waals surface area (Å²) in [6.45, 7) is 6.63. The number of ether oxygens (including phenoxy) is 1. The van der Waals surface area contributed by atoms with Crippen LogP contribution in [0.25, 0.3) is 10.8 Å². The van der Waals surface area contributed by atoms with Crippen molar-refractivity contribution >= 4 is 10.8 Å². The summed E-state index contributed by atoms with van der Waals surface area (Å²) in [7, 11) is 1.63. The van der Waals surface area contributed by atoms with Gasteiger partial charge in [-0.3, -0.25) is 9.88 Å². The van der Waals surface area contributed by atoms with Crippen LogP contribution in [-0.4, -0.2) is 54.6 Å². The van der Waals surface area contributed by atoms with Crippen LogP contribution in [0, 0.1) is 0 Å². The summed E-state index contributed by atoms with van der Waals surface area (Å²) in [5.74, 6) is 0.716. The molecule has 31 heavy (non-hydrogen) atoms. The molecule has 1 atom stereocenters. The van der Waals surface area contributed by atoms with Crippen molar-refractivity contribution in [2.45, 2.75) is 19.1 Å². The van der Waals surface area contributed by atoms with Crippen LogP contribution in [0.2, 0.25) is 0 Å². The number of aromatic nitrogens is 1. The fraction of sp³-hybridized carbons (Fsp3) is 0.375. The van der Waals surface area contributed by atoms with Crippen molar-refractivity contribution < 1.29 is 17.9 Å². The number of hydrogen-bond acceptors (Lipinski definition) is 4. The fourth-order valence-corrected chi connectivity index (χ4v) is 4.37. The molecular weight excluding hydrogens is 403 g/mol. The zero-order valence-corrected chi connectivity index (χ0v) is 17.7. The Kier molecular flexibility index (Phi) is 6.16. The molecule has 0 amide bonds. The van der Waals surface area contributed by atoms with E-state index in [-0.39, 0.29) is 6.04 Å². The van der Waals surface area contributed by atoms with E-state index in [0.717, 1.165) is 54.6 Å². The van der Waals surface area contributed by atoms with Crippen LogP contribution in [-0.2, 0) is 6.18 Å². The van der Waals surface area contributed by atoms with Crippen LogP contribution in [0.1, 0.15) is 29.7 Å². The van der Waals surface area contributed by atoms with Gasteiger partial charge in [-0.05, 0) is 35.7 Å². The van der Waals surface area contributed by atoms with E-state index in [1.165, 1.54) is 12.1 Å². The number of halogens is 3. The molecule has 0 N–H and O–H groups in total. The molecular formula is C24H26F3N3O. The van der Waals surface area contributed by atoms with Gasteiger partial charge in [0.25, 0.3) is 0 Å². The molecule has 1 aliphatic heterocycles.